The Morgan fingerprint density at radius 3 is 3.23 bits per heavy atom. The molecule has 1 amide bonds. The zero-order chi connectivity index (χ0) is 9.26. The van der Waals surface area contributed by atoms with Crippen LogP contribution in [0, 0.1) is 0 Å². The topological polar surface area (TPSA) is 54.9 Å². The zero-order valence-corrected chi connectivity index (χ0v) is 7.76. The van der Waals surface area contributed by atoms with Crippen molar-refractivity contribution >= 4 is 33.1 Å². The molecule has 0 saturated heterocycles. The lowest BCUT2D eigenvalue weighted by Gasteiger charge is -1.99. The standard InChI is InChI=1S/C8H7N3OS/c1-5(12)10-8-7-6(2-3-13-7)4-9-11-8/h2-4H,1H3,(H,10,11,12). The molecule has 0 radical (unpaired) electrons. The number of anilines is 1. The van der Waals surface area contributed by atoms with E-state index in [0.717, 1.165) is 10.1 Å². The van der Waals surface area contributed by atoms with E-state index in [1.54, 1.807) is 6.20 Å². The first-order chi connectivity index (χ1) is 6.27. The van der Waals surface area contributed by atoms with E-state index in [2.05, 4.69) is 15.5 Å². The Morgan fingerprint density at radius 2 is 2.46 bits per heavy atom. The number of aromatic nitrogens is 2. The maximum absolute atomic E-state index is 10.8. The van der Waals surface area contributed by atoms with Gasteiger partial charge in [-0.2, -0.15) is 5.10 Å². The molecule has 2 aromatic rings. The van der Waals surface area contributed by atoms with Crippen LogP contribution in [0.5, 0.6) is 0 Å². The monoisotopic (exact) mass is 193 g/mol. The summed E-state index contributed by atoms with van der Waals surface area (Å²) in [7, 11) is 0. The molecule has 4 nitrogen and oxygen atoms in total. The van der Waals surface area contributed by atoms with E-state index in [-0.39, 0.29) is 5.91 Å². The second kappa shape index (κ2) is 3.10. The summed E-state index contributed by atoms with van der Waals surface area (Å²) >= 11 is 1.54. The van der Waals surface area contributed by atoms with Gasteiger partial charge in [0.15, 0.2) is 5.82 Å². The SMILES string of the molecule is CC(=O)Nc1nncc2ccsc12. The molecule has 1 N–H and O–H groups in total. The zero-order valence-electron chi connectivity index (χ0n) is 6.94. The Kier molecular flexibility index (Phi) is 1.94. The predicted octanol–water partition coefficient (Wildman–Crippen LogP) is 1.65. The van der Waals surface area contributed by atoms with Gasteiger partial charge in [0.1, 0.15) is 0 Å². The van der Waals surface area contributed by atoms with Crippen molar-refractivity contribution in [3.63, 3.8) is 0 Å². The lowest BCUT2D eigenvalue weighted by molar-refractivity contribution is -0.114. The third-order valence-corrected chi connectivity index (χ3v) is 2.50. The third kappa shape index (κ3) is 1.50. The highest BCUT2D eigenvalue weighted by Crippen LogP contribution is 2.25. The Hall–Kier alpha value is -1.49. The van der Waals surface area contributed by atoms with Crippen LogP contribution < -0.4 is 5.32 Å². The van der Waals surface area contributed by atoms with Crippen molar-refractivity contribution in [2.45, 2.75) is 6.92 Å². The molecule has 0 aliphatic carbocycles. The highest BCUT2D eigenvalue weighted by molar-refractivity contribution is 7.17. The number of amides is 1. The lowest BCUT2D eigenvalue weighted by atomic mass is 10.4. The maximum Gasteiger partial charge on any atom is 0.222 e. The Morgan fingerprint density at radius 1 is 1.62 bits per heavy atom. The molecule has 13 heavy (non-hydrogen) atoms. The Bertz CT molecular complexity index is 451. The lowest BCUT2D eigenvalue weighted by Crippen LogP contribution is -2.07. The van der Waals surface area contributed by atoms with Crippen molar-refractivity contribution < 1.29 is 4.79 Å². The Balaban J connectivity index is 2.54. The number of fused-ring (bicyclic) bond motifs is 1. The number of carbonyl (C=O) groups is 1. The van der Waals surface area contributed by atoms with Gasteiger partial charge >= 0.3 is 0 Å². The van der Waals surface area contributed by atoms with Crippen LogP contribution >= 0.6 is 11.3 Å². The van der Waals surface area contributed by atoms with Crippen LogP contribution in [0.25, 0.3) is 10.1 Å². The number of nitrogens with one attached hydrogen (secondary N) is 1. The van der Waals surface area contributed by atoms with E-state index < -0.39 is 0 Å². The van der Waals surface area contributed by atoms with Crippen LogP contribution in [-0.2, 0) is 4.79 Å². The summed E-state index contributed by atoms with van der Waals surface area (Å²) in [6.07, 6.45) is 1.68. The Labute approximate surface area is 78.6 Å². The molecule has 0 bridgehead atoms. The van der Waals surface area contributed by atoms with Gasteiger partial charge in [-0.25, -0.2) is 0 Å². The van der Waals surface area contributed by atoms with Crippen LogP contribution in [-0.4, -0.2) is 16.1 Å². The summed E-state index contributed by atoms with van der Waals surface area (Å²) < 4.78 is 0.963. The minimum Gasteiger partial charge on any atom is -0.308 e. The van der Waals surface area contributed by atoms with E-state index in [1.807, 2.05) is 11.4 Å². The fraction of sp³-hybridized carbons (Fsp3) is 0.125. The first-order valence-corrected chi connectivity index (χ1v) is 4.62. The van der Waals surface area contributed by atoms with E-state index >= 15 is 0 Å². The molecule has 0 atom stereocenters. The summed E-state index contributed by atoms with van der Waals surface area (Å²) in [5.41, 5.74) is 0. The van der Waals surface area contributed by atoms with Crippen LogP contribution in [0.4, 0.5) is 5.82 Å². The number of thiophene rings is 1. The van der Waals surface area contributed by atoms with Crippen LogP contribution in [0.2, 0.25) is 0 Å². The number of carbonyl (C=O) groups excluding carboxylic acids is 1. The molecule has 0 aromatic carbocycles. The van der Waals surface area contributed by atoms with Gasteiger partial charge in [0, 0.05) is 12.3 Å². The number of rotatable bonds is 1. The van der Waals surface area contributed by atoms with Gasteiger partial charge in [-0.1, -0.05) is 0 Å². The molecule has 0 aliphatic heterocycles. The first-order valence-electron chi connectivity index (χ1n) is 3.74. The summed E-state index contributed by atoms with van der Waals surface area (Å²) in [4.78, 5) is 10.8. The molecule has 0 aliphatic rings. The normalized spacial score (nSPS) is 10.2. The van der Waals surface area contributed by atoms with Crippen LogP contribution in [0.1, 0.15) is 6.92 Å². The highest BCUT2D eigenvalue weighted by Gasteiger charge is 2.04. The van der Waals surface area contributed by atoms with Crippen LogP contribution in [0.15, 0.2) is 17.6 Å². The van der Waals surface area contributed by atoms with Gasteiger partial charge in [0.05, 0.1) is 10.9 Å². The van der Waals surface area contributed by atoms with Crippen molar-refractivity contribution in [3.05, 3.63) is 17.6 Å². The number of hydrogen-bond acceptors (Lipinski definition) is 4. The van der Waals surface area contributed by atoms with Crippen molar-refractivity contribution in [2.75, 3.05) is 5.32 Å². The van der Waals surface area contributed by atoms with Crippen molar-refractivity contribution in [2.24, 2.45) is 0 Å². The first kappa shape index (κ1) is 8.12. The van der Waals surface area contributed by atoms with E-state index in [0.29, 0.717) is 5.82 Å². The van der Waals surface area contributed by atoms with Gasteiger partial charge < -0.3 is 5.32 Å². The molecule has 66 valence electrons. The molecule has 0 fully saturated rings. The summed E-state index contributed by atoms with van der Waals surface area (Å²) in [5.74, 6) is 0.412. The molecule has 0 spiro atoms. The molecule has 0 unspecified atom stereocenters. The summed E-state index contributed by atoms with van der Waals surface area (Å²) in [6, 6.07) is 1.94. The van der Waals surface area contributed by atoms with E-state index in [9.17, 15) is 4.79 Å². The average Bonchev–Trinajstić information content (AvgIpc) is 2.51. The number of nitrogens with zero attached hydrogens (tertiary/aromatic N) is 2. The maximum atomic E-state index is 10.8. The minimum absolute atomic E-state index is 0.129. The molecule has 5 heteroatoms. The third-order valence-electron chi connectivity index (χ3n) is 1.56. The number of hydrogen-bond donors (Lipinski definition) is 1. The fourth-order valence-electron chi connectivity index (χ4n) is 1.06. The fourth-order valence-corrected chi connectivity index (χ4v) is 1.87. The van der Waals surface area contributed by atoms with Gasteiger partial charge in [-0.3, -0.25) is 4.79 Å². The second-order valence-electron chi connectivity index (χ2n) is 2.58. The summed E-state index contributed by atoms with van der Waals surface area (Å²) in [6.45, 7) is 1.45. The van der Waals surface area contributed by atoms with Gasteiger partial charge in [-0.15, -0.1) is 16.4 Å². The predicted molar refractivity (Wildman–Crippen MR) is 51.7 cm³/mol. The van der Waals surface area contributed by atoms with E-state index in [4.69, 9.17) is 0 Å². The molecule has 2 heterocycles. The van der Waals surface area contributed by atoms with Gasteiger partial charge in [-0.05, 0) is 11.4 Å². The quantitative estimate of drug-likeness (QED) is 0.749. The van der Waals surface area contributed by atoms with Crippen molar-refractivity contribution in [1.29, 1.82) is 0 Å². The molecular weight excluding hydrogens is 186 g/mol. The molecule has 0 saturated carbocycles. The minimum atomic E-state index is -0.129. The summed E-state index contributed by atoms with van der Waals surface area (Å²) in [5, 5.41) is 13.2. The second-order valence-corrected chi connectivity index (χ2v) is 3.50. The highest BCUT2D eigenvalue weighted by atomic mass is 32.1. The smallest absolute Gasteiger partial charge is 0.222 e. The van der Waals surface area contributed by atoms with Crippen molar-refractivity contribution in [3.8, 4) is 0 Å². The molecular formula is C8H7N3OS. The van der Waals surface area contributed by atoms with Gasteiger partial charge in [0.2, 0.25) is 5.91 Å². The largest absolute Gasteiger partial charge is 0.308 e. The average molecular weight is 193 g/mol. The molecule has 2 aromatic heterocycles. The van der Waals surface area contributed by atoms with Gasteiger partial charge in [0.25, 0.3) is 0 Å². The van der Waals surface area contributed by atoms with E-state index in [1.165, 1.54) is 18.3 Å². The van der Waals surface area contributed by atoms with Crippen molar-refractivity contribution in [1.82, 2.24) is 10.2 Å². The molecule has 2 rings (SSSR count). The van der Waals surface area contributed by atoms with Crippen LogP contribution in [0.3, 0.4) is 0 Å².